The maximum Gasteiger partial charge on any atom is 0.113 e. The molecule has 0 bridgehead atoms. The van der Waals surface area contributed by atoms with E-state index in [0.717, 1.165) is 29.9 Å². The minimum absolute atomic E-state index is 0.249. The number of ether oxygens (including phenoxy) is 1. The molecule has 3 aromatic rings. The molecule has 2 aromatic carbocycles. The van der Waals surface area contributed by atoms with Gasteiger partial charge in [0, 0.05) is 12.0 Å². The first-order chi connectivity index (χ1) is 10.8. The molecule has 1 aromatic heterocycles. The number of para-hydroxylation sites is 1. The van der Waals surface area contributed by atoms with E-state index in [-0.39, 0.29) is 5.41 Å². The molecule has 1 heterocycles. The molecule has 0 spiro atoms. The Morgan fingerprint density at radius 3 is 2.59 bits per heavy atom. The minimum atomic E-state index is 0.249. The van der Waals surface area contributed by atoms with Crippen molar-refractivity contribution in [2.45, 2.75) is 25.2 Å². The van der Waals surface area contributed by atoms with E-state index in [1.807, 2.05) is 28.9 Å². The van der Waals surface area contributed by atoms with E-state index >= 15 is 0 Å². The predicted molar refractivity (Wildman–Crippen MR) is 86.3 cm³/mol. The highest BCUT2D eigenvalue weighted by molar-refractivity contribution is 5.75. The number of benzene rings is 2. The van der Waals surface area contributed by atoms with Crippen LogP contribution >= 0.6 is 0 Å². The van der Waals surface area contributed by atoms with Crippen molar-refractivity contribution >= 4 is 11.0 Å². The van der Waals surface area contributed by atoms with Crippen molar-refractivity contribution in [3.63, 3.8) is 0 Å². The van der Waals surface area contributed by atoms with E-state index < -0.39 is 0 Å². The number of hydrogen-bond acceptors (Lipinski definition) is 3. The third-order valence-corrected chi connectivity index (χ3v) is 4.51. The maximum atomic E-state index is 5.65. The average molecular weight is 293 g/mol. The SMILES string of the molecule is CCOCC1(c2ccc(-n3nnc4ccccc43)cc2)CC1. The molecular formula is C18H19N3O. The normalized spacial score (nSPS) is 16.0. The monoisotopic (exact) mass is 293 g/mol. The van der Waals surface area contributed by atoms with Gasteiger partial charge in [0.25, 0.3) is 0 Å². The summed E-state index contributed by atoms with van der Waals surface area (Å²) >= 11 is 0. The largest absolute Gasteiger partial charge is 0.381 e. The van der Waals surface area contributed by atoms with Gasteiger partial charge in [0.1, 0.15) is 5.52 Å². The smallest absolute Gasteiger partial charge is 0.113 e. The third-order valence-electron chi connectivity index (χ3n) is 4.51. The molecule has 1 fully saturated rings. The van der Waals surface area contributed by atoms with E-state index in [2.05, 4.69) is 41.5 Å². The number of aromatic nitrogens is 3. The van der Waals surface area contributed by atoms with Crippen LogP contribution in [0.4, 0.5) is 0 Å². The molecule has 0 N–H and O–H groups in total. The zero-order valence-corrected chi connectivity index (χ0v) is 12.7. The molecule has 0 amide bonds. The lowest BCUT2D eigenvalue weighted by Gasteiger charge is -2.16. The van der Waals surface area contributed by atoms with Crippen molar-refractivity contribution in [2.75, 3.05) is 13.2 Å². The van der Waals surface area contributed by atoms with Gasteiger partial charge in [-0.05, 0) is 49.6 Å². The molecule has 0 radical (unpaired) electrons. The van der Waals surface area contributed by atoms with Gasteiger partial charge in [0.05, 0.1) is 17.8 Å². The van der Waals surface area contributed by atoms with Gasteiger partial charge in [-0.1, -0.05) is 29.5 Å². The van der Waals surface area contributed by atoms with Crippen molar-refractivity contribution < 1.29 is 4.74 Å². The fraction of sp³-hybridized carbons (Fsp3) is 0.333. The van der Waals surface area contributed by atoms with Gasteiger partial charge in [0.2, 0.25) is 0 Å². The van der Waals surface area contributed by atoms with Crippen LogP contribution in [-0.4, -0.2) is 28.2 Å². The van der Waals surface area contributed by atoms with Crippen molar-refractivity contribution in [3.8, 4) is 5.69 Å². The van der Waals surface area contributed by atoms with Gasteiger partial charge in [-0.3, -0.25) is 0 Å². The molecule has 1 saturated carbocycles. The predicted octanol–water partition coefficient (Wildman–Crippen LogP) is 3.49. The van der Waals surface area contributed by atoms with E-state index in [0.29, 0.717) is 0 Å². The summed E-state index contributed by atoms with van der Waals surface area (Å²) in [4.78, 5) is 0. The van der Waals surface area contributed by atoms with Gasteiger partial charge in [-0.15, -0.1) is 5.10 Å². The van der Waals surface area contributed by atoms with E-state index in [9.17, 15) is 0 Å². The zero-order chi connectivity index (χ0) is 15.0. The molecule has 1 aliphatic rings. The quantitative estimate of drug-likeness (QED) is 0.723. The summed E-state index contributed by atoms with van der Waals surface area (Å²) in [6.45, 7) is 3.66. The maximum absolute atomic E-state index is 5.65. The Kier molecular flexibility index (Phi) is 3.19. The van der Waals surface area contributed by atoms with Crippen LogP contribution in [0.2, 0.25) is 0 Å². The summed E-state index contributed by atoms with van der Waals surface area (Å²) in [6.07, 6.45) is 2.44. The summed E-state index contributed by atoms with van der Waals surface area (Å²) in [5.74, 6) is 0. The Morgan fingerprint density at radius 1 is 1.09 bits per heavy atom. The molecule has 0 saturated heterocycles. The molecule has 4 heteroatoms. The lowest BCUT2D eigenvalue weighted by atomic mass is 9.97. The highest BCUT2D eigenvalue weighted by Crippen LogP contribution is 2.48. The first-order valence-corrected chi connectivity index (χ1v) is 7.81. The summed E-state index contributed by atoms with van der Waals surface area (Å²) in [6, 6.07) is 16.7. The van der Waals surface area contributed by atoms with Crippen LogP contribution in [0.5, 0.6) is 0 Å². The second-order valence-electron chi connectivity index (χ2n) is 5.95. The average Bonchev–Trinajstić information content (AvgIpc) is 3.24. The van der Waals surface area contributed by atoms with Crippen LogP contribution < -0.4 is 0 Å². The van der Waals surface area contributed by atoms with Gasteiger partial charge < -0.3 is 4.74 Å². The molecular weight excluding hydrogens is 274 g/mol. The van der Waals surface area contributed by atoms with Crippen LogP contribution in [-0.2, 0) is 10.2 Å². The number of hydrogen-bond donors (Lipinski definition) is 0. The summed E-state index contributed by atoms with van der Waals surface area (Å²) < 4.78 is 7.54. The first-order valence-electron chi connectivity index (χ1n) is 7.81. The molecule has 4 nitrogen and oxygen atoms in total. The molecule has 0 atom stereocenters. The standard InChI is InChI=1S/C18H19N3O/c1-2-22-13-18(11-12-18)14-7-9-15(10-8-14)21-17-6-4-3-5-16(17)19-20-21/h3-10H,2,11-13H2,1H3. The Hall–Kier alpha value is -2.20. The molecule has 4 rings (SSSR count). The van der Waals surface area contributed by atoms with Crippen LogP contribution in [0.1, 0.15) is 25.3 Å². The lowest BCUT2D eigenvalue weighted by Crippen LogP contribution is -2.15. The minimum Gasteiger partial charge on any atom is -0.381 e. The topological polar surface area (TPSA) is 39.9 Å². The Balaban J connectivity index is 1.65. The molecule has 0 aliphatic heterocycles. The Labute approximate surface area is 129 Å². The Bertz CT molecular complexity index is 787. The Morgan fingerprint density at radius 2 is 1.86 bits per heavy atom. The van der Waals surface area contributed by atoms with Gasteiger partial charge in [-0.2, -0.15) is 0 Å². The fourth-order valence-corrected chi connectivity index (χ4v) is 2.98. The third kappa shape index (κ3) is 2.20. The second kappa shape index (κ2) is 5.21. The van der Waals surface area contributed by atoms with Gasteiger partial charge in [-0.25, -0.2) is 4.68 Å². The van der Waals surface area contributed by atoms with Crippen LogP contribution in [0.25, 0.3) is 16.7 Å². The number of nitrogens with zero attached hydrogens (tertiary/aromatic N) is 3. The van der Waals surface area contributed by atoms with Crippen molar-refractivity contribution in [1.82, 2.24) is 15.0 Å². The number of fused-ring (bicyclic) bond motifs is 1. The summed E-state index contributed by atoms with van der Waals surface area (Å²) in [5, 5.41) is 8.48. The number of rotatable bonds is 5. The van der Waals surface area contributed by atoms with Crippen molar-refractivity contribution in [1.29, 1.82) is 0 Å². The van der Waals surface area contributed by atoms with Crippen LogP contribution in [0.15, 0.2) is 48.5 Å². The highest BCUT2D eigenvalue weighted by atomic mass is 16.5. The lowest BCUT2D eigenvalue weighted by molar-refractivity contribution is 0.125. The zero-order valence-electron chi connectivity index (χ0n) is 12.7. The molecule has 0 unspecified atom stereocenters. The van der Waals surface area contributed by atoms with Crippen molar-refractivity contribution in [2.24, 2.45) is 0 Å². The van der Waals surface area contributed by atoms with E-state index in [4.69, 9.17) is 4.74 Å². The molecule has 112 valence electrons. The van der Waals surface area contributed by atoms with Gasteiger partial charge in [0.15, 0.2) is 0 Å². The first kappa shape index (κ1) is 13.5. The summed E-state index contributed by atoms with van der Waals surface area (Å²) in [5.41, 5.74) is 4.62. The highest BCUT2D eigenvalue weighted by Gasteiger charge is 2.44. The molecule has 1 aliphatic carbocycles. The van der Waals surface area contributed by atoms with Crippen LogP contribution in [0, 0.1) is 0 Å². The van der Waals surface area contributed by atoms with E-state index in [1.165, 1.54) is 18.4 Å². The molecule has 22 heavy (non-hydrogen) atoms. The second-order valence-corrected chi connectivity index (χ2v) is 5.95. The summed E-state index contributed by atoms with van der Waals surface area (Å²) in [7, 11) is 0. The van der Waals surface area contributed by atoms with Crippen molar-refractivity contribution in [3.05, 3.63) is 54.1 Å². The van der Waals surface area contributed by atoms with Gasteiger partial charge >= 0.3 is 0 Å². The fourth-order valence-electron chi connectivity index (χ4n) is 2.98. The van der Waals surface area contributed by atoms with E-state index in [1.54, 1.807) is 0 Å². The van der Waals surface area contributed by atoms with Crippen LogP contribution in [0.3, 0.4) is 0 Å².